The first-order valence-electron chi connectivity index (χ1n) is 6.15. The maximum atomic E-state index is 12.3. The largest absolute Gasteiger partial charge is 0.490 e. The molecule has 0 saturated carbocycles. The molecule has 0 fully saturated rings. The summed E-state index contributed by atoms with van der Waals surface area (Å²) in [6.07, 6.45) is 0.0700. The van der Waals surface area contributed by atoms with Crippen molar-refractivity contribution >= 4 is 5.91 Å². The van der Waals surface area contributed by atoms with Crippen molar-refractivity contribution in [3.8, 4) is 5.75 Å². The monoisotopic (exact) mass is 235 g/mol. The Morgan fingerprint density at radius 3 is 2.35 bits per heavy atom. The summed E-state index contributed by atoms with van der Waals surface area (Å²) in [5, 5.41) is 0. The van der Waals surface area contributed by atoms with Crippen LogP contribution in [0.2, 0.25) is 0 Å². The van der Waals surface area contributed by atoms with E-state index >= 15 is 0 Å². The lowest BCUT2D eigenvalue weighted by Crippen LogP contribution is -2.31. The summed E-state index contributed by atoms with van der Waals surface area (Å²) in [7, 11) is 0. The minimum atomic E-state index is 0.0336. The lowest BCUT2D eigenvalue weighted by molar-refractivity contribution is 0.0767. The molecule has 0 aliphatic carbocycles. The average Bonchev–Trinajstić information content (AvgIpc) is 2.30. The van der Waals surface area contributed by atoms with Crippen LogP contribution in [0.1, 0.15) is 38.1 Å². The van der Waals surface area contributed by atoms with E-state index in [0.29, 0.717) is 24.4 Å². The minimum Gasteiger partial charge on any atom is -0.490 e. The van der Waals surface area contributed by atoms with E-state index in [1.165, 1.54) is 0 Å². The summed E-state index contributed by atoms with van der Waals surface area (Å²) in [5.41, 5.74) is 0.643. The van der Waals surface area contributed by atoms with Gasteiger partial charge in [-0.05, 0) is 39.8 Å². The fourth-order valence-electron chi connectivity index (χ4n) is 1.68. The highest BCUT2D eigenvalue weighted by molar-refractivity contribution is 5.96. The Morgan fingerprint density at radius 1 is 1.24 bits per heavy atom. The van der Waals surface area contributed by atoms with Gasteiger partial charge in [-0.1, -0.05) is 12.1 Å². The molecule has 0 spiro atoms. The summed E-state index contributed by atoms with van der Waals surface area (Å²) in [6, 6.07) is 7.41. The molecule has 0 radical (unpaired) electrons. The highest BCUT2D eigenvalue weighted by Gasteiger charge is 2.17. The number of benzene rings is 1. The van der Waals surface area contributed by atoms with Gasteiger partial charge < -0.3 is 9.64 Å². The molecule has 0 aromatic heterocycles. The molecule has 1 rings (SSSR count). The van der Waals surface area contributed by atoms with Gasteiger partial charge in [-0.3, -0.25) is 4.79 Å². The topological polar surface area (TPSA) is 29.5 Å². The van der Waals surface area contributed by atoms with Crippen LogP contribution in [0.5, 0.6) is 5.75 Å². The molecular formula is C14H21NO2. The number of rotatable bonds is 5. The van der Waals surface area contributed by atoms with Crippen LogP contribution in [0, 0.1) is 0 Å². The molecule has 3 nitrogen and oxygen atoms in total. The summed E-state index contributed by atoms with van der Waals surface area (Å²) in [6.45, 7) is 9.30. The molecule has 1 aromatic carbocycles. The second kappa shape index (κ2) is 6.28. The van der Waals surface area contributed by atoms with Crippen LogP contribution in [-0.4, -0.2) is 30.0 Å². The lowest BCUT2D eigenvalue weighted by atomic mass is 10.1. The second-order valence-corrected chi connectivity index (χ2v) is 4.14. The van der Waals surface area contributed by atoms with Crippen molar-refractivity contribution < 1.29 is 9.53 Å². The summed E-state index contributed by atoms with van der Waals surface area (Å²) in [4.78, 5) is 14.0. The van der Waals surface area contributed by atoms with Gasteiger partial charge in [0.05, 0.1) is 11.7 Å². The van der Waals surface area contributed by atoms with Gasteiger partial charge in [-0.25, -0.2) is 0 Å². The predicted molar refractivity (Wildman–Crippen MR) is 69.5 cm³/mol. The van der Waals surface area contributed by atoms with Crippen LogP contribution in [0.25, 0.3) is 0 Å². The molecule has 1 aromatic rings. The molecule has 0 aliphatic heterocycles. The Labute approximate surface area is 103 Å². The van der Waals surface area contributed by atoms with Crippen molar-refractivity contribution in [2.75, 3.05) is 13.1 Å². The lowest BCUT2D eigenvalue weighted by Gasteiger charge is -2.21. The minimum absolute atomic E-state index is 0.0336. The zero-order chi connectivity index (χ0) is 12.8. The van der Waals surface area contributed by atoms with Crippen molar-refractivity contribution in [3.63, 3.8) is 0 Å². The zero-order valence-corrected chi connectivity index (χ0v) is 11.1. The summed E-state index contributed by atoms with van der Waals surface area (Å²) in [5.74, 6) is 0.700. The van der Waals surface area contributed by atoms with E-state index < -0.39 is 0 Å². The molecule has 0 bridgehead atoms. The van der Waals surface area contributed by atoms with Crippen LogP contribution >= 0.6 is 0 Å². The van der Waals surface area contributed by atoms with E-state index in [-0.39, 0.29) is 12.0 Å². The summed E-state index contributed by atoms with van der Waals surface area (Å²) < 4.78 is 5.66. The van der Waals surface area contributed by atoms with Crippen LogP contribution < -0.4 is 4.74 Å². The van der Waals surface area contributed by atoms with Crippen LogP contribution in [-0.2, 0) is 0 Å². The first kappa shape index (κ1) is 13.6. The number of nitrogens with zero attached hydrogens (tertiary/aromatic N) is 1. The first-order chi connectivity index (χ1) is 8.10. The molecule has 0 unspecified atom stereocenters. The van der Waals surface area contributed by atoms with Crippen molar-refractivity contribution in [3.05, 3.63) is 29.8 Å². The van der Waals surface area contributed by atoms with Crippen LogP contribution in [0.4, 0.5) is 0 Å². The third kappa shape index (κ3) is 3.48. The number of amides is 1. The predicted octanol–water partition coefficient (Wildman–Crippen LogP) is 2.96. The van der Waals surface area contributed by atoms with E-state index in [2.05, 4.69) is 0 Å². The molecule has 17 heavy (non-hydrogen) atoms. The maximum Gasteiger partial charge on any atom is 0.257 e. The standard InChI is InChI=1S/C14H21NO2/c1-5-15(6-2)14(16)12-9-7-8-10-13(12)17-11(3)4/h7-11H,5-6H2,1-4H3. The summed E-state index contributed by atoms with van der Waals surface area (Å²) >= 11 is 0. The fourth-order valence-corrected chi connectivity index (χ4v) is 1.68. The van der Waals surface area contributed by atoms with Crippen molar-refractivity contribution in [1.29, 1.82) is 0 Å². The number of para-hydroxylation sites is 1. The third-order valence-corrected chi connectivity index (χ3v) is 2.53. The van der Waals surface area contributed by atoms with Gasteiger partial charge in [0.1, 0.15) is 5.75 Å². The van der Waals surface area contributed by atoms with Gasteiger partial charge in [0.25, 0.3) is 5.91 Å². The quantitative estimate of drug-likeness (QED) is 0.785. The number of carbonyl (C=O) groups is 1. The highest BCUT2D eigenvalue weighted by atomic mass is 16.5. The number of ether oxygens (including phenoxy) is 1. The van der Waals surface area contributed by atoms with E-state index in [4.69, 9.17) is 4.74 Å². The molecule has 0 saturated heterocycles. The molecular weight excluding hydrogens is 214 g/mol. The Balaban J connectivity index is 2.99. The van der Waals surface area contributed by atoms with Crippen molar-refractivity contribution in [1.82, 2.24) is 4.90 Å². The SMILES string of the molecule is CCN(CC)C(=O)c1ccccc1OC(C)C. The Bertz CT molecular complexity index is 370. The molecule has 0 aliphatic rings. The first-order valence-corrected chi connectivity index (χ1v) is 6.15. The van der Waals surface area contributed by atoms with Gasteiger partial charge >= 0.3 is 0 Å². The molecule has 0 N–H and O–H groups in total. The van der Waals surface area contributed by atoms with Crippen molar-refractivity contribution in [2.45, 2.75) is 33.8 Å². The average molecular weight is 235 g/mol. The van der Waals surface area contributed by atoms with Crippen LogP contribution in [0.3, 0.4) is 0 Å². The van der Waals surface area contributed by atoms with Gasteiger partial charge in [0.15, 0.2) is 0 Å². The highest BCUT2D eigenvalue weighted by Crippen LogP contribution is 2.21. The molecule has 94 valence electrons. The maximum absolute atomic E-state index is 12.3. The second-order valence-electron chi connectivity index (χ2n) is 4.14. The zero-order valence-electron chi connectivity index (χ0n) is 11.1. The molecule has 3 heteroatoms. The number of hydrogen-bond acceptors (Lipinski definition) is 2. The Morgan fingerprint density at radius 2 is 1.82 bits per heavy atom. The van der Waals surface area contributed by atoms with Gasteiger partial charge in [-0.15, -0.1) is 0 Å². The van der Waals surface area contributed by atoms with Crippen molar-refractivity contribution in [2.24, 2.45) is 0 Å². The van der Waals surface area contributed by atoms with E-state index in [9.17, 15) is 4.79 Å². The van der Waals surface area contributed by atoms with Gasteiger partial charge in [-0.2, -0.15) is 0 Å². The molecule has 0 atom stereocenters. The van der Waals surface area contributed by atoms with Gasteiger partial charge in [0.2, 0.25) is 0 Å². The fraction of sp³-hybridized carbons (Fsp3) is 0.500. The Hall–Kier alpha value is -1.51. The Kier molecular flexibility index (Phi) is 5.01. The van der Waals surface area contributed by atoms with E-state index in [1.54, 1.807) is 4.90 Å². The third-order valence-electron chi connectivity index (χ3n) is 2.53. The normalized spacial score (nSPS) is 10.4. The number of hydrogen-bond donors (Lipinski definition) is 0. The van der Waals surface area contributed by atoms with Gasteiger partial charge in [0, 0.05) is 13.1 Å². The van der Waals surface area contributed by atoms with E-state index in [1.807, 2.05) is 52.0 Å². The van der Waals surface area contributed by atoms with E-state index in [0.717, 1.165) is 0 Å². The molecule has 1 amide bonds. The smallest absolute Gasteiger partial charge is 0.257 e. The molecule has 0 heterocycles. The van der Waals surface area contributed by atoms with Crippen LogP contribution in [0.15, 0.2) is 24.3 Å². The number of carbonyl (C=O) groups excluding carboxylic acids is 1.